The normalized spacial score (nSPS) is 11.4. The predicted molar refractivity (Wildman–Crippen MR) is 71.8 cm³/mol. The summed E-state index contributed by atoms with van der Waals surface area (Å²) in [5, 5.41) is 0. The molecule has 0 saturated heterocycles. The molecule has 0 N–H and O–H groups in total. The molecule has 2 rings (SSSR count). The van der Waals surface area contributed by atoms with Crippen molar-refractivity contribution in [3.8, 4) is 0 Å². The van der Waals surface area contributed by atoms with Crippen LogP contribution in [0.5, 0.6) is 0 Å². The SMILES string of the molecule is Fc1c(F)c(F)c(COCCOCc2c(F)c(F)c(F)c(F)c2F)c(F)c1F. The fourth-order valence-electron chi connectivity index (χ4n) is 2.02. The zero-order valence-corrected chi connectivity index (χ0v) is 13.4. The summed E-state index contributed by atoms with van der Waals surface area (Å²) in [5.41, 5.74) is -2.51. The summed E-state index contributed by atoms with van der Waals surface area (Å²) >= 11 is 0. The molecule has 0 aliphatic rings. The number of hydrogen-bond acceptors (Lipinski definition) is 2. The molecule has 28 heavy (non-hydrogen) atoms. The third kappa shape index (κ3) is 4.07. The van der Waals surface area contributed by atoms with Crippen molar-refractivity contribution in [3.05, 3.63) is 69.3 Å². The van der Waals surface area contributed by atoms with Gasteiger partial charge in [0.1, 0.15) is 0 Å². The van der Waals surface area contributed by atoms with Crippen molar-refractivity contribution in [1.29, 1.82) is 0 Å². The number of benzene rings is 2. The third-order valence-electron chi connectivity index (χ3n) is 3.47. The van der Waals surface area contributed by atoms with Gasteiger partial charge >= 0.3 is 0 Å². The Labute approximate surface area is 150 Å². The second-order valence-electron chi connectivity index (χ2n) is 5.20. The largest absolute Gasteiger partial charge is 0.374 e. The smallest absolute Gasteiger partial charge is 0.200 e. The molecule has 2 nitrogen and oxygen atoms in total. The summed E-state index contributed by atoms with van der Waals surface area (Å²) in [6, 6.07) is 0. The first kappa shape index (κ1) is 22.0. The Bertz CT molecular complexity index is 768. The van der Waals surface area contributed by atoms with Gasteiger partial charge in [-0.1, -0.05) is 0 Å². The fraction of sp³-hybridized carbons (Fsp3) is 0.250. The molecule has 0 bridgehead atoms. The Hall–Kier alpha value is -2.34. The molecule has 0 amide bonds. The lowest BCUT2D eigenvalue weighted by Crippen LogP contribution is -2.12. The first-order valence-corrected chi connectivity index (χ1v) is 7.25. The first-order valence-electron chi connectivity index (χ1n) is 7.25. The van der Waals surface area contributed by atoms with E-state index in [4.69, 9.17) is 0 Å². The van der Waals surface area contributed by atoms with Gasteiger partial charge in [0.15, 0.2) is 46.5 Å². The van der Waals surface area contributed by atoms with E-state index >= 15 is 0 Å². The molecule has 0 spiro atoms. The summed E-state index contributed by atoms with van der Waals surface area (Å²) < 4.78 is 140. The van der Waals surface area contributed by atoms with Gasteiger partial charge in [-0.15, -0.1) is 0 Å². The van der Waals surface area contributed by atoms with Crippen LogP contribution in [0.1, 0.15) is 11.1 Å². The first-order chi connectivity index (χ1) is 13.1. The molecule has 154 valence electrons. The molecule has 0 saturated carbocycles. The zero-order valence-electron chi connectivity index (χ0n) is 13.4. The molecule has 2 aromatic rings. The summed E-state index contributed by atoms with van der Waals surface area (Å²) in [4.78, 5) is 0. The monoisotopic (exact) mass is 422 g/mol. The maximum Gasteiger partial charge on any atom is 0.200 e. The van der Waals surface area contributed by atoms with Crippen molar-refractivity contribution in [2.45, 2.75) is 13.2 Å². The van der Waals surface area contributed by atoms with Crippen LogP contribution in [0.25, 0.3) is 0 Å². The lowest BCUT2D eigenvalue weighted by molar-refractivity contribution is 0.0295. The number of halogens is 10. The van der Waals surface area contributed by atoms with E-state index in [1.807, 2.05) is 0 Å². The van der Waals surface area contributed by atoms with E-state index in [0.717, 1.165) is 0 Å². The minimum Gasteiger partial charge on any atom is -0.374 e. The molecular formula is C16H8F10O2. The van der Waals surface area contributed by atoms with Crippen LogP contribution in [0.4, 0.5) is 43.9 Å². The van der Waals surface area contributed by atoms with Gasteiger partial charge in [0.25, 0.3) is 0 Å². The highest BCUT2D eigenvalue weighted by molar-refractivity contribution is 5.24. The van der Waals surface area contributed by atoms with Gasteiger partial charge in [-0.3, -0.25) is 0 Å². The minimum absolute atomic E-state index is 0.561. The summed E-state index contributed by atoms with van der Waals surface area (Å²) in [6.07, 6.45) is 0. The fourth-order valence-corrected chi connectivity index (χ4v) is 2.02. The molecule has 0 unspecified atom stereocenters. The Morgan fingerprint density at radius 2 is 0.571 bits per heavy atom. The summed E-state index contributed by atoms with van der Waals surface area (Å²) in [5.74, 6) is -21.7. The van der Waals surface area contributed by atoms with Gasteiger partial charge < -0.3 is 9.47 Å². The Balaban J connectivity index is 1.93. The highest BCUT2D eigenvalue weighted by atomic mass is 19.2. The highest BCUT2D eigenvalue weighted by Crippen LogP contribution is 2.24. The Morgan fingerprint density at radius 1 is 0.357 bits per heavy atom. The van der Waals surface area contributed by atoms with Crippen LogP contribution in [-0.4, -0.2) is 13.2 Å². The molecule has 0 fully saturated rings. The highest BCUT2D eigenvalue weighted by Gasteiger charge is 2.26. The quantitative estimate of drug-likeness (QED) is 0.276. The van der Waals surface area contributed by atoms with E-state index in [9.17, 15) is 43.9 Å². The maximum atomic E-state index is 13.4. The van der Waals surface area contributed by atoms with E-state index in [1.54, 1.807) is 0 Å². The lowest BCUT2D eigenvalue weighted by atomic mass is 10.2. The molecular weight excluding hydrogens is 414 g/mol. The minimum atomic E-state index is -2.34. The van der Waals surface area contributed by atoms with Crippen LogP contribution in [0, 0.1) is 58.2 Å². The van der Waals surface area contributed by atoms with Crippen molar-refractivity contribution < 1.29 is 53.4 Å². The average molecular weight is 422 g/mol. The van der Waals surface area contributed by atoms with E-state index in [-0.39, 0.29) is 0 Å². The molecule has 12 heteroatoms. The molecule has 0 atom stereocenters. The summed E-state index contributed by atoms with van der Waals surface area (Å²) in [6.45, 7) is -3.24. The van der Waals surface area contributed by atoms with Gasteiger partial charge in [0.05, 0.1) is 37.6 Å². The second-order valence-corrected chi connectivity index (χ2v) is 5.20. The van der Waals surface area contributed by atoms with Crippen molar-refractivity contribution in [1.82, 2.24) is 0 Å². The molecule has 0 aromatic heterocycles. The predicted octanol–water partition coefficient (Wildman–Crippen LogP) is 4.81. The average Bonchev–Trinajstić information content (AvgIpc) is 2.68. The standard InChI is InChI=1S/C16H8F10O2/c17-7-5(8(18)12(22)15(25)11(7)21)3-27-1-2-28-4-6-9(19)13(23)16(26)14(24)10(6)20/h1-4H2. The van der Waals surface area contributed by atoms with Gasteiger partial charge in [0.2, 0.25) is 11.6 Å². The van der Waals surface area contributed by atoms with Gasteiger partial charge in [0, 0.05) is 0 Å². The molecule has 0 aliphatic heterocycles. The van der Waals surface area contributed by atoms with Crippen LogP contribution in [0.15, 0.2) is 0 Å². The number of hydrogen-bond donors (Lipinski definition) is 0. The van der Waals surface area contributed by atoms with Crippen LogP contribution in [0.3, 0.4) is 0 Å². The van der Waals surface area contributed by atoms with Crippen LogP contribution < -0.4 is 0 Å². The molecule has 0 aliphatic carbocycles. The topological polar surface area (TPSA) is 18.5 Å². The lowest BCUT2D eigenvalue weighted by Gasteiger charge is -2.10. The maximum absolute atomic E-state index is 13.4. The van der Waals surface area contributed by atoms with Crippen molar-refractivity contribution >= 4 is 0 Å². The zero-order chi connectivity index (χ0) is 21.2. The van der Waals surface area contributed by atoms with E-state index in [0.29, 0.717) is 0 Å². The van der Waals surface area contributed by atoms with Gasteiger partial charge in [-0.2, -0.15) is 0 Å². The van der Waals surface area contributed by atoms with Crippen LogP contribution in [-0.2, 0) is 22.7 Å². The molecule has 0 radical (unpaired) electrons. The van der Waals surface area contributed by atoms with Gasteiger partial charge in [-0.25, -0.2) is 43.9 Å². The third-order valence-corrected chi connectivity index (χ3v) is 3.47. The van der Waals surface area contributed by atoms with Crippen molar-refractivity contribution in [2.75, 3.05) is 13.2 Å². The molecule has 0 heterocycles. The van der Waals surface area contributed by atoms with E-state index in [1.165, 1.54) is 0 Å². The van der Waals surface area contributed by atoms with Crippen LogP contribution in [0.2, 0.25) is 0 Å². The Kier molecular flexibility index (Phi) is 6.88. The van der Waals surface area contributed by atoms with Crippen LogP contribution >= 0.6 is 0 Å². The van der Waals surface area contributed by atoms with Gasteiger partial charge in [-0.05, 0) is 0 Å². The number of rotatable bonds is 7. The Morgan fingerprint density at radius 3 is 0.821 bits per heavy atom. The molecule has 2 aromatic carbocycles. The van der Waals surface area contributed by atoms with Crippen molar-refractivity contribution in [3.63, 3.8) is 0 Å². The summed E-state index contributed by atoms with van der Waals surface area (Å²) in [7, 11) is 0. The van der Waals surface area contributed by atoms with Crippen molar-refractivity contribution in [2.24, 2.45) is 0 Å². The van der Waals surface area contributed by atoms with E-state index < -0.39 is 95.7 Å². The van der Waals surface area contributed by atoms with E-state index in [2.05, 4.69) is 9.47 Å². The second kappa shape index (κ2) is 8.78. The number of ether oxygens (including phenoxy) is 2.